The summed E-state index contributed by atoms with van der Waals surface area (Å²) < 4.78 is 0. The molecule has 0 N–H and O–H groups in total. The molecule has 118 valence electrons. The van der Waals surface area contributed by atoms with E-state index in [1.165, 1.54) is 4.80 Å². The zero-order valence-electron chi connectivity index (χ0n) is 13.0. The van der Waals surface area contributed by atoms with Gasteiger partial charge in [0.05, 0.1) is 23.4 Å². The Balaban J connectivity index is 1.88. The Hall–Kier alpha value is -2.40. The van der Waals surface area contributed by atoms with E-state index in [9.17, 15) is 0 Å². The second-order valence-electron chi connectivity index (χ2n) is 5.16. The van der Waals surface area contributed by atoms with Crippen molar-refractivity contribution in [2.24, 2.45) is 4.99 Å². The molecule has 7 nitrogen and oxygen atoms in total. The molecule has 1 aliphatic heterocycles. The molecule has 2 aromatic rings. The molecule has 0 radical (unpaired) electrons. The standard InChI is InChI=1S/C15H17N7S/c1-17-15(23-2)21-8-4-7-13(21)14-18-20-22(19-14)12-6-3-5-11(9-12)10-16/h3,5-6,9,13H,4,7-8H2,1-2H3. The Morgan fingerprint density at radius 2 is 2.35 bits per heavy atom. The van der Waals surface area contributed by atoms with Gasteiger partial charge in [0.25, 0.3) is 0 Å². The molecule has 0 aliphatic carbocycles. The van der Waals surface area contributed by atoms with Gasteiger partial charge in [0.2, 0.25) is 0 Å². The van der Waals surface area contributed by atoms with Gasteiger partial charge in [-0.2, -0.15) is 5.26 Å². The number of tetrazole rings is 1. The predicted octanol–water partition coefficient (Wildman–Crippen LogP) is 2.02. The lowest BCUT2D eigenvalue weighted by atomic mass is 10.2. The van der Waals surface area contributed by atoms with E-state index >= 15 is 0 Å². The molecule has 0 bridgehead atoms. The first-order chi connectivity index (χ1) is 11.3. The van der Waals surface area contributed by atoms with Gasteiger partial charge in [0.15, 0.2) is 11.0 Å². The van der Waals surface area contributed by atoms with Crippen LogP contribution in [0.4, 0.5) is 0 Å². The van der Waals surface area contributed by atoms with Crippen LogP contribution in [0.1, 0.15) is 30.3 Å². The van der Waals surface area contributed by atoms with Crippen molar-refractivity contribution in [3.05, 3.63) is 35.7 Å². The Bertz CT molecular complexity index is 761. The second-order valence-corrected chi connectivity index (χ2v) is 5.93. The molecule has 1 fully saturated rings. The Morgan fingerprint density at radius 1 is 1.48 bits per heavy atom. The largest absolute Gasteiger partial charge is 0.341 e. The number of nitriles is 1. The van der Waals surface area contributed by atoms with Crippen LogP contribution in [0.5, 0.6) is 0 Å². The quantitative estimate of drug-likeness (QED) is 0.620. The van der Waals surface area contributed by atoms with E-state index in [1.54, 1.807) is 30.9 Å². The number of nitrogens with zero attached hydrogens (tertiary/aromatic N) is 7. The number of likely N-dealkylation sites (tertiary alicyclic amines) is 1. The number of hydrogen-bond donors (Lipinski definition) is 0. The van der Waals surface area contributed by atoms with Crippen molar-refractivity contribution < 1.29 is 0 Å². The molecular formula is C15H17N7S. The van der Waals surface area contributed by atoms with Crippen LogP contribution in [-0.4, -0.2) is 50.1 Å². The van der Waals surface area contributed by atoms with Gasteiger partial charge in [-0.1, -0.05) is 17.8 Å². The van der Waals surface area contributed by atoms with Gasteiger partial charge in [0, 0.05) is 13.6 Å². The molecule has 1 aromatic carbocycles. The van der Waals surface area contributed by atoms with E-state index in [0.717, 1.165) is 30.2 Å². The lowest BCUT2D eigenvalue weighted by molar-refractivity contribution is 0.390. The molecule has 0 saturated carbocycles. The van der Waals surface area contributed by atoms with Gasteiger partial charge < -0.3 is 4.90 Å². The molecule has 1 saturated heterocycles. The third kappa shape index (κ3) is 3.05. The molecule has 2 heterocycles. The topological polar surface area (TPSA) is 83.0 Å². The number of rotatable bonds is 2. The average Bonchev–Trinajstić information content (AvgIpc) is 3.25. The highest BCUT2D eigenvalue weighted by Gasteiger charge is 2.31. The summed E-state index contributed by atoms with van der Waals surface area (Å²) in [5.41, 5.74) is 1.31. The van der Waals surface area contributed by atoms with Gasteiger partial charge in [-0.05, 0) is 42.5 Å². The van der Waals surface area contributed by atoms with E-state index in [2.05, 4.69) is 31.4 Å². The summed E-state index contributed by atoms with van der Waals surface area (Å²) in [6.45, 7) is 0.955. The lowest BCUT2D eigenvalue weighted by Crippen LogP contribution is -2.29. The third-order valence-electron chi connectivity index (χ3n) is 3.81. The summed E-state index contributed by atoms with van der Waals surface area (Å²) in [6.07, 6.45) is 4.10. The van der Waals surface area contributed by atoms with Crippen molar-refractivity contribution in [3.8, 4) is 11.8 Å². The average molecular weight is 327 g/mol. The Labute approximate surface area is 139 Å². The van der Waals surface area contributed by atoms with Gasteiger partial charge in [-0.15, -0.1) is 15.0 Å². The van der Waals surface area contributed by atoms with E-state index in [0.29, 0.717) is 11.4 Å². The molecule has 8 heteroatoms. The van der Waals surface area contributed by atoms with E-state index < -0.39 is 0 Å². The minimum absolute atomic E-state index is 0.106. The fourth-order valence-corrected chi connectivity index (χ4v) is 3.40. The summed E-state index contributed by atoms with van der Waals surface area (Å²) in [4.78, 5) is 8.05. The van der Waals surface area contributed by atoms with Crippen LogP contribution in [0.15, 0.2) is 29.3 Å². The van der Waals surface area contributed by atoms with Gasteiger partial charge in [-0.3, -0.25) is 4.99 Å². The van der Waals surface area contributed by atoms with Gasteiger partial charge in [-0.25, -0.2) is 0 Å². The van der Waals surface area contributed by atoms with E-state index in [1.807, 2.05) is 18.4 Å². The predicted molar refractivity (Wildman–Crippen MR) is 89.4 cm³/mol. The summed E-state index contributed by atoms with van der Waals surface area (Å²) in [5.74, 6) is 0.695. The fourth-order valence-electron chi connectivity index (χ4n) is 2.77. The van der Waals surface area contributed by atoms with Crippen LogP contribution in [0, 0.1) is 11.3 Å². The summed E-state index contributed by atoms with van der Waals surface area (Å²) in [5, 5.41) is 22.9. The number of thioether (sulfide) groups is 1. The van der Waals surface area contributed by atoms with Gasteiger partial charge in [0.1, 0.15) is 0 Å². The van der Waals surface area contributed by atoms with Crippen molar-refractivity contribution in [2.75, 3.05) is 19.8 Å². The van der Waals surface area contributed by atoms with Crippen LogP contribution in [0.25, 0.3) is 5.69 Å². The molecule has 1 atom stereocenters. The molecule has 3 rings (SSSR count). The Kier molecular flexibility index (Phi) is 4.57. The maximum Gasteiger partial charge on any atom is 0.197 e. The third-order valence-corrected chi connectivity index (χ3v) is 4.59. The number of aromatic nitrogens is 4. The van der Waals surface area contributed by atoms with Crippen molar-refractivity contribution in [3.63, 3.8) is 0 Å². The molecule has 0 spiro atoms. The first kappa shape index (κ1) is 15.5. The second kappa shape index (κ2) is 6.79. The van der Waals surface area contributed by atoms with Crippen molar-refractivity contribution in [1.29, 1.82) is 5.26 Å². The van der Waals surface area contributed by atoms with Crippen molar-refractivity contribution >= 4 is 16.9 Å². The van der Waals surface area contributed by atoms with Crippen molar-refractivity contribution in [2.45, 2.75) is 18.9 Å². The minimum atomic E-state index is 0.106. The summed E-state index contributed by atoms with van der Waals surface area (Å²) in [7, 11) is 1.80. The summed E-state index contributed by atoms with van der Waals surface area (Å²) in [6, 6.07) is 9.40. The highest BCUT2D eigenvalue weighted by atomic mass is 32.2. The van der Waals surface area contributed by atoms with Gasteiger partial charge >= 0.3 is 0 Å². The highest BCUT2D eigenvalue weighted by Crippen LogP contribution is 2.31. The lowest BCUT2D eigenvalue weighted by Gasteiger charge is -2.24. The maximum absolute atomic E-state index is 9.00. The van der Waals surface area contributed by atoms with Crippen LogP contribution in [0.2, 0.25) is 0 Å². The van der Waals surface area contributed by atoms with Crippen LogP contribution in [-0.2, 0) is 0 Å². The normalized spacial score (nSPS) is 18.2. The number of aliphatic imine (C=N–C) groups is 1. The zero-order valence-corrected chi connectivity index (χ0v) is 13.9. The van der Waals surface area contributed by atoms with Crippen LogP contribution in [0.3, 0.4) is 0 Å². The maximum atomic E-state index is 9.00. The van der Waals surface area contributed by atoms with E-state index in [-0.39, 0.29) is 6.04 Å². The number of benzene rings is 1. The smallest absolute Gasteiger partial charge is 0.197 e. The van der Waals surface area contributed by atoms with Crippen molar-refractivity contribution in [1.82, 2.24) is 25.1 Å². The molecule has 0 amide bonds. The molecular weight excluding hydrogens is 310 g/mol. The monoisotopic (exact) mass is 327 g/mol. The number of hydrogen-bond acceptors (Lipinski definition) is 6. The molecule has 1 aromatic heterocycles. The number of amidine groups is 1. The first-order valence-electron chi connectivity index (χ1n) is 7.34. The fraction of sp³-hybridized carbons (Fsp3) is 0.400. The highest BCUT2D eigenvalue weighted by molar-refractivity contribution is 8.13. The first-order valence-corrected chi connectivity index (χ1v) is 8.57. The Morgan fingerprint density at radius 3 is 3.09 bits per heavy atom. The molecule has 1 unspecified atom stereocenters. The molecule has 1 aliphatic rings. The zero-order chi connectivity index (χ0) is 16.2. The van der Waals surface area contributed by atoms with Crippen LogP contribution >= 0.6 is 11.8 Å². The molecule has 23 heavy (non-hydrogen) atoms. The summed E-state index contributed by atoms with van der Waals surface area (Å²) >= 11 is 1.63. The SMILES string of the molecule is CN=C(SC)N1CCCC1c1nnn(-c2cccc(C#N)c2)n1. The minimum Gasteiger partial charge on any atom is -0.341 e. The van der Waals surface area contributed by atoms with E-state index in [4.69, 9.17) is 5.26 Å². The van der Waals surface area contributed by atoms with Crippen LogP contribution < -0.4 is 0 Å².